The first-order chi connectivity index (χ1) is 16.8. The molecule has 9 heteroatoms. The molecule has 3 aromatic carbocycles. The molecule has 0 bridgehead atoms. The monoisotopic (exact) mass is 491 g/mol. The summed E-state index contributed by atoms with van der Waals surface area (Å²) in [6, 6.07) is 22.1. The summed E-state index contributed by atoms with van der Waals surface area (Å²) >= 11 is 0. The Hall–Kier alpha value is -3.91. The van der Waals surface area contributed by atoms with Gasteiger partial charge in [-0.2, -0.15) is 4.79 Å². The average Bonchev–Trinajstić information content (AvgIpc) is 2.85. The normalized spacial score (nSPS) is 12.7. The van der Waals surface area contributed by atoms with Gasteiger partial charge in [0.15, 0.2) is 0 Å². The van der Waals surface area contributed by atoms with E-state index in [1.807, 2.05) is 6.92 Å². The minimum Gasteiger partial charge on any atom is -0.457 e. The summed E-state index contributed by atoms with van der Waals surface area (Å²) in [6.45, 7) is 3.35. The third-order valence-corrected chi connectivity index (χ3v) is 6.81. The van der Waals surface area contributed by atoms with Crippen LogP contribution in [0.25, 0.3) is 5.53 Å². The molecule has 0 heterocycles. The lowest BCUT2D eigenvalue weighted by molar-refractivity contribution is -0.142. The Morgan fingerprint density at radius 1 is 0.914 bits per heavy atom. The van der Waals surface area contributed by atoms with E-state index in [-0.39, 0.29) is 11.5 Å². The SMILES string of the molecule is CCOC(=O)C(=[N+]=[N-])C(=O)C(c1ccccc1)C(NS(=O)(=O)c1ccc(C)cc1)c1ccccc1. The summed E-state index contributed by atoms with van der Waals surface area (Å²) in [5.74, 6) is -3.24. The Kier molecular flexibility index (Phi) is 8.43. The van der Waals surface area contributed by atoms with E-state index >= 15 is 0 Å². The number of ether oxygens (including phenoxy) is 1. The van der Waals surface area contributed by atoms with Gasteiger partial charge in [0.05, 0.1) is 23.5 Å². The second kappa shape index (κ2) is 11.5. The Morgan fingerprint density at radius 3 is 1.97 bits per heavy atom. The number of hydrogen-bond acceptors (Lipinski definition) is 5. The molecular weight excluding hydrogens is 466 g/mol. The topological polar surface area (TPSA) is 126 Å². The van der Waals surface area contributed by atoms with Crippen LogP contribution >= 0.6 is 0 Å². The van der Waals surface area contributed by atoms with Crippen LogP contribution in [0.1, 0.15) is 35.6 Å². The minimum atomic E-state index is -4.09. The Balaban J connectivity index is 2.17. The van der Waals surface area contributed by atoms with Crippen LogP contribution in [0.3, 0.4) is 0 Å². The molecule has 3 aromatic rings. The van der Waals surface area contributed by atoms with Crippen LogP contribution in [0.2, 0.25) is 0 Å². The molecule has 3 rings (SSSR count). The summed E-state index contributed by atoms with van der Waals surface area (Å²) in [5.41, 5.74) is 10.5. The van der Waals surface area contributed by atoms with Crippen molar-refractivity contribution in [1.82, 2.24) is 4.72 Å². The number of hydrogen-bond donors (Lipinski definition) is 1. The highest BCUT2D eigenvalue weighted by Gasteiger charge is 2.43. The van der Waals surface area contributed by atoms with Crippen molar-refractivity contribution >= 4 is 27.5 Å². The van der Waals surface area contributed by atoms with Gasteiger partial charge in [-0.25, -0.2) is 17.9 Å². The molecule has 2 atom stereocenters. The van der Waals surface area contributed by atoms with Crippen molar-refractivity contribution < 1.29 is 27.5 Å². The lowest BCUT2D eigenvalue weighted by atomic mass is 9.83. The van der Waals surface area contributed by atoms with Crippen LogP contribution in [0.5, 0.6) is 0 Å². The zero-order valence-electron chi connectivity index (χ0n) is 19.3. The molecule has 0 aliphatic rings. The Bertz CT molecular complexity index is 1330. The van der Waals surface area contributed by atoms with Crippen molar-refractivity contribution in [2.75, 3.05) is 6.61 Å². The van der Waals surface area contributed by atoms with Gasteiger partial charge in [0.2, 0.25) is 10.0 Å². The van der Waals surface area contributed by atoms with E-state index in [4.69, 9.17) is 4.74 Å². The van der Waals surface area contributed by atoms with Gasteiger partial charge in [-0.3, -0.25) is 4.79 Å². The number of carbonyl (C=O) groups is 2. The van der Waals surface area contributed by atoms with Gasteiger partial charge in [0, 0.05) is 0 Å². The maximum atomic E-state index is 13.6. The number of ketones is 1. The van der Waals surface area contributed by atoms with Gasteiger partial charge in [0.25, 0.3) is 5.78 Å². The third kappa shape index (κ3) is 6.16. The first kappa shape index (κ1) is 25.7. The number of benzene rings is 3. The lowest BCUT2D eigenvalue weighted by Gasteiger charge is -2.26. The Morgan fingerprint density at radius 2 is 1.46 bits per heavy atom. The standard InChI is InChI=1S/C26H25N3O5S/c1-3-34-26(31)24(28-27)25(30)22(19-10-6-4-7-11-19)23(20-12-8-5-9-13-20)29-35(32,33)21-16-14-18(2)15-17-21/h4-17,22-23,29H,3H2,1-2H3. The quantitative estimate of drug-likeness (QED) is 0.152. The smallest absolute Gasteiger partial charge is 0.442 e. The molecule has 0 fully saturated rings. The zero-order valence-corrected chi connectivity index (χ0v) is 20.1. The van der Waals surface area contributed by atoms with Crippen LogP contribution in [-0.2, 0) is 24.3 Å². The fraction of sp³-hybridized carbons (Fsp3) is 0.192. The van der Waals surface area contributed by atoms with E-state index in [2.05, 4.69) is 9.51 Å². The van der Waals surface area contributed by atoms with E-state index in [1.165, 1.54) is 12.1 Å². The van der Waals surface area contributed by atoms with Crippen LogP contribution in [0, 0.1) is 6.92 Å². The first-order valence-electron chi connectivity index (χ1n) is 10.9. The van der Waals surface area contributed by atoms with Gasteiger partial charge < -0.3 is 10.3 Å². The molecule has 35 heavy (non-hydrogen) atoms. The molecule has 0 aliphatic heterocycles. The van der Waals surface area contributed by atoms with Crippen molar-refractivity contribution in [3.05, 3.63) is 107 Å². The van der Waals surface area contributed by atoms with Gasteiger partial charge in [-0.1, -0.05) is 78.4 Å². The molecule has 1 N–H and O–H groups in total. The van der Waals surface area contributed by atoms with Gasteiger partial charge >= 0.3 is 11.7 Å². The summed E-state index contributed by atoms with van der Waals surface area (Å²) < 4.78 is 34.3. The highest BCUT2D eigenvalue weighted by Crippen LogP contribution is 2.34. The predicted molar refractivity (Wildman–Crippen MR) is 130 cm³/mol. The number of esters is 1. The zero-order chi connectivity index (χ0) is 25.4. The molecule has 0 saturated heterocycles. The van der Waals surface area contributed by atoms with Crippen molar-refractivity contribution in [2.24, 2.45) is 0 Å². The van der Waals surface area contributed by atoms with Gasteiger partial charge in [0.1, 0.15) is 0 Å². The number of sulfonamides is 1. The van der Waals surface area contributed by atoms with Crippen LogP contribution in [0.4, 0.5) is 0 Å². The van der Waals surface area contributed by atoms with E-state index < -0.39 is 39.4 Å². The fourth-order valence-electron chi connectivity index (χ4n) is 3.63. The molecule has 8 nitrogen and oxygen atoms in total. The van der Waals surface area contributed by atoms with Crippen LogP contribution in [0.15, 0.2) is 89.8 Å². The Labute approximate surface area is 204 Å². The maximum Gasteiger partial charge on any atom is 0.442 e. The highest BCUT2D eigenvalue weighted by molar-refractivity contribution is 7.89. The lowest BCUT2D eigenvalue weighted by Crippen LogP contribution is -2.40. The number of nitrogens with one attached hydrogen (secondary N) is 1. The molecule has 0 aliphatic carbocycles. The molecule has 180 valence electrons. The summed E-state index contributed by atoms with van der Waals surface area (Å²) in [7, 11) is -4.09. The molecular formula is C26H25N3O5S. The molecule has 0 aromatic heterocycles. The van der Waals surface area contributed by atoms with Crippen LogP contribution < -0.4 is 4.72 Å². The van der Waals surface area contributed by atoms with Crippen LogP contribution in [-0.4, -0.2) is 37.3 Å². The minimum absolute atomic E-state index is 0.0183. The molecule has 0 saturated carbocycles. The van der Waals surface area contributed by atoms with E-state index in [1.54, 1.807) is 79.7 Å². The molecule has 0 amide bonds. The summed E-state index contributed by atoms with van der Waals surface area (Å²) in [5, 5.41) is 0. The van der Waals surface area contributed by atoms with E-state index in [0.29, 0.717) is 11.1 Å². The van der Waals surface area contributed by atoms with E-state index in [9.17, 15) is 23.5 Å². The summed E-state index contributed by atoms with van der Waals surface area (Å²) in [6.07, 6.45) is 0. The second-order valence-electron chi connectivity index (χ2n) is 7.74. The van der Waals surface area contributed by atoms with Gasteiger partial charge in [-0.05, 0) is 37.1 Å². The number of rotatable bonds is 10. The number of Topliss-reactive ketones (excluding diaryl/α,β-unsaturated/α-hetero) is 1. The predicted octanol–water partition coefficient (Wildman–Crippen LogP) is 3.60. The fourth-order valence-corrected chi connectivity index (χ4v) is 4.87. The number of aryl methyl sites for hydroxylation is 1. The third-order valence-electron chi connectivity index (χ3n) is 5.35. The summed E-state index contributed by atoms with van der Waals surface area (Å²) in [4.78, 5) is 29.0. The number of nitrogens with zero attached hydrogens (tertiary/aromatic N) is 2. The van der Waals surface area contributed by atoms with E-state index in [0.717, 1.165) is 5.56 Å². The van der Waals surface area contributed by atoms with Crippen molar-refractivity contribution in [3.63, 3.8) is 0 Å². The first-order valence-corrected chi connectivity index (χ1v) is 12.4. The number of carbonyl (C=O) groups excluding carboxylic acids is 2. The van der Waals surface area contributed by atoms with Crippen molar-refractivity contribution in [3.8, 4) is 0 Å². The van der Waals surface area contributed by atoms with Gasteiger partial charge in [-0.15, -0.1) is 0 Å². The maximum absolute atomic E-state index is 13.6. The molecule has 2 unspecified atom stereocenters. The highest BCUT2D eigenvalue weighted by atomic mass is 32.2. The molecule has 0 spiro atoms. The average molecular weight is 492 g/mol. The molecule has 0 radical (unpaired) electrons. The van der Waals surface area contributed by atoms with Crippen molar-refractivity contribution in [1.29, 1.82) is 0 Å². The largest absolute Gasteiger partial charge is 0.457 e. The van der Waals surface area contributed by atoms with Crippen molar-refractivity contribution in [2.45, 2.75) is 30.7 Å². The second-order valence-corrected chi connectivity index (χ2v) is 9.46.